The van der Waals surface area contributed by atoms with E-state index < -0.39 is 0 Å². The molecular formula is C9H8BrNO2. The normalized spacial score (nSPS) is 10.6. The van der Waals surface area contributed by atoms with Crippen LogP contribution in [-0.4, -0.2) is 11.6 Å². The summed E-state index contributed by atoms with van der Waals surface area (Å²) >= 11 is 3.29. The predicted molar refractivity (Wildman–Crippen MR) is 52.9 cm³/mol. The van der Waals surface area contributed by atoms with Crippen molar-refractivity contribution in [2.45, 2.75) is 6.92 Å². The van der Waals surface area contributed by atoms with Gasteiger partial charge in [0.2, 0.25) is 4.67 Å². The number of rotatable bonds is 2. The third kappa shape index (κ3) is 1.42. The summed E-state index contributed by atoms with van der Waals surface area (Å²) in [6.45, 7) is 2.55. The summed E-state index contributed by atoms with van der Waals surface area (Å²) < 4.78 is 11.4. The molecule has 0 spiro atoms. The number of halogens is 1. The summed E-state index contributed by atoms with van der Waals surface area (Å²) in [5.74, 6) is 0.727. The average molecular weight is 242 g/mol. The van der Waals surface area contributed by atoms with Gasteiger partial charge in [-0.05, 0) is 28.9 Å². The number of hydrogen-bond donors (Lipinski definition) is 0. The fraction of sp³-hybridized carbons (Fsp3) is 0.222. The second-order valence-electron chi connectivity index (χ2n) is 2.51. The fourth-order valence-corrected chi connectivity index (χ4v) is 1.67. The molecule has 2 aromatic rings. The van der Waals surface area contributed by atoms with Gasteiger partial charge in [0.15, 0.2) is 5.75 Å². The van der Waals surface area contributed by atoms with Crippen LogP contribution < -0.4 is 4.74 Å². The molecule has 68 valence electrons. The number of ether oxygens (including phenoxy) is 1. The maximum Gasteiger partial charge on any atom is 0.212 e. The molecule has 0 aliphatic carbocycles. The molecule has 0 fully saturated rings. The molecule has 3 nitrogen and oxygen atoms in total. The highest BCUT2D eigenvalue weighted by Crippen LogP contribution is 2.36. The van der Waals surface area contributed by atoms with E-state index in [4.69, 9.17) is 9.15 Å². The van der Waals surface area contributed by atoms with Crippen molar-refractivity contribution in [3.8, 4) is 5.75 Å². The number of nitrogens with zero attached hydrogens (tertiary/aromatic N) is 1. The fourth-order valence-electron chi connectivity index (χ4n) is 1.17. The zero-order valence-electron chi connectivity index (χ0n) is 7.08. The third-order valence-electron chi connectivity index (χ3n) is 1.69. The van der Waals surface area contributed by atoms with Crippen LogP contribution in [0.3, 0.4) is 0 Å². The van der Waals surface area contributed by atoms with Crippen LogP contribution in [0.15, 0.2) is 27.5 Å². The van der Waals surface area contributed by atoms with Gasteiger partial charge in [0.25, 0.3) is 0 Å². The predicted octanol–water partition coefficient (Wildman–Crippen LogP) is 2.99. The first kappa shape index (κ1) is 8.56. The Morgan fingerprint density at radius 2 is 2.46 bits per heavy atom. The number of aromatic nitrogens is 1. The van der Waals surface area contributed by atoms with Crippen molar-refractivity contribution in [2.24, 2.45) is 0 Å². The molecule has 2 heterocycles. The summed E-state index contributed by atoms with van der Waals surface area (Å²) in [4.78, 5) is 4.01. The molecule has 0 aromatic carbocycles. The van der Waals surface area contributed by atoms with Gasteiger partial charge in [-0.3, -0.25) is 4.98 Å². The van der Waals surface area contributed by atoms with Gasteiger partial charge in [-0.25, -0.2) is 0 Å². The molecule has 0 aliphatic heterocycles. The van der Waals surface area contributed by atoms with E-state index >= 15 is 0 Å². The largest absolute Gasteiger partial charge is 0.489 e. The maximum atomic E-state index is 5.41. The van der Waals surface area contributed by atoms with E-state index in [0.717, 1.165) is 16.7 Å². The maximum absolute atomic E-state index is 5.41. The lowest BCUT2D eigenvalue weighted by atomic mass is 10.3. The Labute approximate surface area is 83.8 Å². The van der Waals surface area contributed by atoms with Crippen LogP contribution in [-0.2, 0) is 0 Å². The van der Waals surface area contributed by atoms with Gasteiger partial charge in [-0.2, -0.15) is 0 Å². The van der Waals surface area contributed by atoms with Crippen molar-refractivity contribution in [1.82, 2.24) is 4.98 Å². The molecule has 0 saturated heterocycles. The molecule has 13 heavy (non-hydrogen) atoms. The first-order chi connectivity index (χ1) is 6.33. The zero-order chi connectivity index (χ0) is 9.26. The van der Waals surface area contributed by atoms with Crippen molar-refractivity contribution in [2.75, 3.05) is 6.61 Å². The van der Waals surface area contributed by atoms with Gasteiger partial charge in [0, 0.05) is 12.4 Å². The average Bonchev–Trinajstić information content (AvgIpc) is 2.44. The number of fused-ring (bicyclic) bond motifs is 1. The van der Waals surface area contributed by atoms with Gasteiger partial charge in [-0.1, -0.05) is 0 Å². The van der Waals surface area contributed by atoms with Gasteiger partial charge in [0.1, 0.15) is 5.58 Å². The highest BCUT2D eigenvalue weighted by atomic mass is 79.9. The van der Waals surface area contributed by atoms with Gasteiger partial charge >= 0.3 is 0 Å². The lowest BCUT2D eigenvalue weighted by molar-refractivity contribution is 0.334. The van der Waals surface area contributed by atoms with Crippen LogP contribution >= 0.6 is 15.9 Å². The molecule has 0 radical (unpaired) electrons. The second kappa shape index (κ2) is 3.38. The van der Waals surface area contributed by atoms with Crippen molar-refractivity contribution >= 4 is 26.9 Å². The minimum absolute atomic E-state index is 0.613. The number of hydrogen-bond acceptors (Lipinski definition) is 3. The van der Waals surface area contributed by atoms with Crippen LogP contribution in [0, 0.1) is 0 Å². The van der Waals surface area contributed by atoms with Crippen molar-refractivity contribution < 1.29 is 9.15 Å². The van der Waals surface area contributed by atoms with Crippen LogP contribution in [0.5, 0.6) is 5.75 Å². The Hall–Kier alpha value is -1.03. The molecule has 0 atom stereocenters. The lowest BCUT2D eigenvalue weighted by Crippen LogP contribution is -1.90. The third-order valence-corrected chi connectivity index (χ3v) is 2.21. The minimum Gasteiger partial charge on any atom is -0.489 e. The Morgan fingerprint density at radius 1 is 1.62 bits per heavy atom. The monoisotopic (exact) mass is 241 g/mol. The SMILES string of the molecule is CCOc1c(Br)oc2ccncc12. The summed E-state index contributed by atoms with van der Waals surface area (Å²) in [6, 6.07) is 1.81. The van der Waals surface area contributed by atoms with E-state index in [9.17, 15) is 0 Å². The highest BCUT2D eigenvalue weighted by molar-refractivity contribution is 9.10. The Bertz CT molecular complexity index is 424. The molecule has 0 aliphatic rings. The van der Waals surface area contributed by atoms with Gasteiger partial charge in [0.05, 0.1) is 12.0 Å². The van der Waals surface area contributed by atoms with E-state index in [1.807, 2.05) is 13.0 Å². The summed E-state index contributed by atoms with van der Waals surface area (Å²) in [5.41, 5.74) is 0.783. The van der Waals surface area contributed by atoms with Crippen LogP contribution in [0.1, 0.15) is 6.92 Å². The van der Waals surface area contributed by atoms with E-state index in [-0.39, 0.29) is 0 Å². The van der Waals surface area contributed by atoms with Gasteiger partial charge in [-0.15, -0.1) is 0 Å². The smallest absolute Gasteiger partial charge is 0.212 e. The molecular weight excluding hydrogens is 234 g/mol. The van der Waals surface area contributed by atoms with Gasteiger partial charge < -0.3 is 9.15 Å². The summed E-state index contributed by atoms with van der Waals surface area (Å²) in [7, 11) is 0. The molecule has 0 bridgehead atoms. The minimum atomic E-state index is 0.613. The molecule has 0 unspecified atom stereocenters. The second-order valence-corrected chi connectivity index (χ2v) is 3.23. The van der Waals surface area contributed by atoms with E-state index in [2.05, 4.69) is 20.9 Å². The molecule has 2 aromatic heterocycles. The molecule has 4 heteroatoms. The lowest BCUT2D eigenvalue weighted by Gasteiger charge is -1.98. The van der Waals surface area contributed by atoms with Crippen molar-refractivity contribution in [1.29, 1.82) is 0 Å². The van der Waals surface area contributed by atoms with Crippen molar-refractivity contribution in [3.05, 3.63) is 23.1 Å². The highest BCUT2D eigenvalue weighted by Gasteiger charge is 2.12. The summed E-state index contributed by atoms with van der Waals surface area (Å²) in [6.07, 6.45) is 3.42. The first-order valence-electron chi connectivity index (χ1n) is 3.97. The number of furan rings is 1. The molecule has 0 amide bonds. The first-order valence-corrected chi connectivity index (χ1v) is 4.77. The molecule has 2 rings (SSSR count). The van der Waals surface area contributed by atoms with Crippen LogP contribution in [0.4, 0.5) is 0 Å². The summed E-state index contributed by atoms with van der Waals surface area (Å²) in [5, 5.41) is 0.899. The van der Waals surface area contributed by atoms with E-state index in [1.165, 1.54) is 0 Å². The topological polar surface area (TPSA) is 35.3 Å². The standard InChI is InChI=1S/C9H8BrNO2/c1-2-12-8-6-5-11-4-3-7(6)13-9(8)10/h3-5H,2H2,1H3. The Morgan fingerprint density at radius 3 is 3.23 bits per heavy atom. The molecule has 0 N–H and O–H groups in total. The Kier molecular flexibility index (Phi) is 2.22. The van der Waals surface area contributed by atoms with Crippen molar-refractivity contribution in [3.63, 3.8) is 0 Å². The van der Waals surface area contributed by atoms with Crippen LogP contribution in [0.25, 0.3) is 11.0 Å². The zero-order valence-corrected chi connectivity index (χ0v) is 8.67. The Balaban J connectivity index is 2.64. The molecule has 0 saturated carbocycles. The quantitative estimate of drug-likeness (QED) is 0.811. The number of pyridine rings is 1. The van der Waals surface area contributed by atoms with E-state index in [0.29, 0.717) is 11.3 Å². The van der Waals surface area contributed by atoms with Crippen LogP contribution in [0.2, 0.25) is 0 Å². The van der Waals surface area contributed by atoms with E-state index in [1.54, 1.807) is 12.4 Å².